The van der Waals surface area contributed by atoms with Gasteiger partial charge in [-0.25, -0.2) is 9.07 Å². The number of fused-ring (bicyclic) bond motifs is 1. The minimum absolute atomic E-state index is 0.174. The lowest BCUT2D eigenvalue weighted by molar-refractivity contribution is -0.0291. The predicted octanol–water partition coefficient (Wildman–Crippen LogP) is 4.57. The number of aliphatic hydroxyl groups is 1. The van der Waals surface area contributed by atoms with Crippen molar-refractivity contribution in [2.75, 3.05) is 13.3 Å². The van der Waals surface area contributed by atoms with Gasteiger partial charge in [0.2, 0.25) is 0 Å². The van der Waals surface area contributed by atoms with Gasteiger partial charge in [-0.2, -0.15) is 5.10 Å². The molecule has 0 fully saturated rings. The average Bonchev–Trinajstić information content (AvgIpc) is 3.17. The first-order valence-corrected chi connectivity index (χ1v) is 9.11. The van der Waals surface area contributed by atoms with Crippen LogP contribution in [0, 0.1) is 6.92 Å². The Morgan fingerprint density at radius 2 is 1.79 bits per heavy atom. The van der Waals surface area contributed by atoms with Crippen LogP contribution in [0.1, 0.15) is 11.1 Å². The van der Waals surface area contributed by atoms with Crippen molar-refractivity contribution in [2.45, 2.75) is 12.5 Å². The number of halogens is 1. The van der Waals surface area contributed by atoms with Crippen molar-refractivity contribution < 1.29 is 14.2 Å². The molecule has 0 bridgehead atoms. The van der Waals surface area contributed by atoms with Crippen LogP contribution in [0.25, 0.3) is 16.6 Å². The molecule has 142 valence electrons. The van der Waals surface area contributed by atoms with Crippen LogP contribution in [0.4, 0.5) is 4.39 Å². The van der Waals surface area contributed by atoms with Crippen molar-refractivity contribution in [3.8, 4) is 11.4 Å². The molecule has 28 heavy (non-hydrogen) atoms. The Morgan fingerprint density at radius 3 is 2.54 bits per heavy atom. The number of rotatable bonds is 6. The van der Waals surface area contributed by atoms with Crippen LogP contribution < -0.4 is 4.74 Å². The van der Waals surface area contributed by atoms with E-state index in [4.69, 9.17) is 4.74 Å². The molecule has 5 heteroatoms. The fourth-order valence-electron chi connectivity index (χ4n) is 3.21. The number of benzene rings is 3. The van der Waals surface area contributed by atoms with Crippen LogP contribution in [-0.4, -0.2) is 28.2 Å². The molecule has 0 aliphatic heterocycles. The van der Waals surface area contributed by atoms with Crippen LogP contribution in [0.3, 0.4) is 0 Å². The van der Waals surface area contributed by atoms with Gasteiger partial charge in [-0.1, -0.05) is 42.5 Å². The molecule has 4 rings (SSSR count). The smallest absolute Gasteiger partial charge is 0.152 e. The van der Waals surface area contributed by atoms with Gasteiger partial charge in [-0.3, -0.25) is 0 Å². The highest BCUT2D eigenvalue weighted by atomic mass is 19.1. The number of para-hydroxylation sites is 2. The Hall–Kier alpha value is -3.18. The summed E-state index contributed by atoms with van der Waals surface area (Å²) in [6, 6.07) is 22.6. The first-order valence-electron chi connectivity index (χ1n) is 9.11. The Balaban J connectivity index is 1.64. The summed E-state index contributed by atoms with van der Waals surface area (Å²) in [6.07, 6.45) is 1.71. The molecule has 0 aliphatic rings. The van der Waals surface area contributed by atoms with E-state index in [0.717, 1.165) is 22.2 Å². The van der Waals surface area contributed by atoms with Gasteiger partial charge in [0.1, 0.15) is 19.0 Å². The van der Waals surface area contributed by atoms with E-state index < -0.39 is 12.3 Å². The summed E-state index contributed by atoms with van der Waals surface area (Å²) < 4.78 is 21.4. The summed E-state index contributed by atoms with van der Waals surface area (Å²) in [5.41, 5.74) is 1.49. The highest BCUT2D eigenvalue weighted by Crippen LogP contribution is 2.28. The van der Waals surface area contributed by atoms with E-state index in [1.165, 1.54) is 0 Å². The normalized spacial score (nSPS) is 13.4. The average molecular weight is 376 g/mol. The van der Waals surface area contributed by atoms with Crippen LogP contribution in [-0.2, 0) is 5.60 Å². The fourth-order valence-corrected chi connectivity index (χ4v) is 3.21. The minimum Gasteiger partial charge on any atom is -0.490 e. The molecule has 1 heterocycles. The Labute approximate surface area is 162 Å². The molecule has 0 aliphatic carbocycles. The molecule has 1 unspecified atom stereocenters. The molecule has 1 N–H and O–H groups in total. The van der Waals surface area contributed by atoms with Gasteiger partial charge >= 0.3 is 0 Å². The van der Waals surface area contributed by atoms with Crippen molar-refractivity contribution in [3.63, 3.8) is 0 Å². The van der Waals surface area contributed by atoms with Gasteiger partial charge in [0.15, 0.2) is 5.60 Å². The van der Waals surface area contributed by atoms with Gasteiger partial charge in [0, 0.05) is 5.39 Å². The molecule has 0 saturated heterocycles. The monoisotopic (exact) mass is 376 g/mol. The predicted molar refractivity (Wildman–Crippen MR) is 108 cm³/mol. The number of aryl methyl sites for hydroxylation is 1. The van der Waals surface area contributed by atoms with E-state index in [1.807, 2.05) is 66.2 Å². The Kier molecular flexibility index (Phi) is 4.84. The van der Waals surface area contributed by atoms with Crippen LogP contribution >= 0.6 is 0 Å². The van der Waals surface area contributed by atoms with Crippen molar-refractivity contribution >= 4 is 10.9 Å². The second kappa shape index (κ2) is 7.44. The van der Waals surface area contributed by atoms with E-state index in [2.05, 4.69) is 5.10 Å². The zero-order valence-corrected chi connectivity index (χ0v) is 15.5. The summed E-state index contributed by atoms with van der Waals surface area (Å²) in [5, 5.41) is 16.2. The molecule has 1 atom stereocenters. The lowest BCUT2D eigenvalue weighted by Crippen LogP contribution is -2.35. The quantitative estimate of drug-likeness (QED) is 0.536. The fraction of sp³-hybridized carbons (Fsp3) is 0.174. The molecular weight excluding hydrogens is 355 g/mol. The molecule has 0 spiro atoms. The Morgan fingerprint density at radius 1 is 1.04 bits per heavy atom. The van der Waals surface area contributed by atoms with Crippen LogP contribution in [0.15, 0.2) is 79.0 Å². The van der Waals surface area contributed by atoms with E-state index in [-0.39, 0.29) is 6.61 Å². The maximum absolute atomic E-state index is 13.9. The van der Waals surface area contributed by atoms with Crippen molar-refractivity contribution in [3.05, 3.63) is 90.1 Å². The van der Waals surface area contributed by atoms with Gasteiger partial charge in [0.25, 0.3) is 0 Å². The highest BCUT2D eigenvalue weighted by molar-refractivity contribution is 5.81. The van der Waals surface area contributed by atoms with Crippen molar-refractivity contribution in [1.82, 2.24) is 9.78 Å². The summed E-state index contributed by atoms with van der Waals surface area (Å²) in [6.45, 7) is 0.789. The highest BCUT2D eigenvalue weighted by Gasteiger charge is 2.31. The third-order valence-electron chi connectivity index (χ3n) is 4.89. The topological polar surface area (TPSA) is 47.3 Å². The summed E-state index contributed by atoms with van der Waals surface area (Å²) in [7, 11) is 0. The molecule has 3 aromatic carbocycles. The summed E-state index contributed by atoms with van der Waals surface area (Å²) >= 11 is 0. The number of hydrogen-bond donors (Lipinski definition) is 1. The standard InChI is InChI=1S/C23H21FN2O2/c1-17-7-5-6-10-22(17)28-16-23(27,15-24)19-11-12-21-18(13-19)14-25-26(21)20-8-3-2-4-9-20/h2-14,27H,15-16H2,1H3. The van der Waals surface area contributed by atoms with E-state index in [9.17, 15) is 9.50 Å². The molecule has 4 aromatic rings. The van der Waals surface area contributed by atoms with Gasteiger partial charge in [-0.15, -0.1) is 0 Å². The summed E-state index contributed by atoms with van der Waals surface area (Å²) in [4.78, 5) is 0. The number of nitrogens with zero attached hydrogens (tertiary/aromatic N) is 2. The SMILES string of the molecule is Cc1ccccc1OCC(O)(CF)c1ccc2c(cnn2-c2ccccc2)c1. The number of alkyl halides is 1. The van der Waals surface area contributed by atoms with E-state index in [1.54, 1.807) is 24.4 Å². The lowest BCUT2D eigenvalue weighted by atomic mass is 9.95. The van der Waals surface area contributed by atoms with Crippen molar-refractivity contribution in [2.24, 2.45) is 0 Å². The first kappa shape index (κ1) is 18.2. The second-order valence-electron chi connectivity index (χ2n) is 6.88. The van der Waals surface area contributed by atoms with Crippen LogP contribution in [0.5, 0.6) is 5.75 Å². The van der Waals surface area contributed by atoms with Gasteiger partial charge in [-0.05, 0) is 48.4 Å². The lowest BCUT2D eigenvalue weighted by Gasteiger charge is -2.26. The van der Waals surface area contributed by atoms with Gasteiger partial charge in [0.05, 0.1) is 17.4 Å². The van der Waals surface area contributed by atoms with Crippen molar-refractivity contribution in [1.29, 1.82) is 0 Å². The zero-order valence-electron chi connectivity index (χ0n) is 15.5. The third-order valence-corrected chi connectivity index (χ3v) is 4.89. The molecule has 1 aromatic heterocycles. The second-order valence-corrected chi connectivity index (χ2v) is 6.88. The summed E-state index contributed by atoms with van der Waals surface area (Å²) in [5.74, 6) is 0.632. The minimum atomic E-state index is -1.73. The third kappa shape index (κ3) is 3.37. The van der Waals surface area contributed by atoms with E-state index in [0.29, 0.717) is 11.3 Å². The molecular formula is C23H21FN2O2. The largest absolute Gasteiger partial charge is 0.490 e. The van der Waals surface area contributed by atoms with Gasteiger partial charge < -0.3 is 9.84 Å². The molecule has 4 nitrogen and oxygen atoms in total. The van der Waals surface area contributed by atoms with E-state index >= 15 is 0 Å². The molecule has 0 radical (unpaired) electrons. The Bertz CT molecular complexity index is 1090. The van der Waals surface area contributed by atoms with Crippen LogP contribution in [0.2, 0.25) is 0 Å². The zero-order chi connectivity index (χ0) is 19.6. The molecule has 0 saturated carbocycles. The first-order chi connectivity index (χ1) is 13.6. The maximum Gasteiger partial charge on any atom is 0.152 e. The molecule has 0 amide bonds. The maximum atomic E-state index is 13.9. The number of ether oxygens (including phenoxy) is 1. The number of aromatic nitrogens is 2. The number of hydrogen-bond acceptors (Lipinski definition) is 3.